The lowest BCUT2D eigenvalue weighted by molar-refractivity contribution is 0.284. The third-order valence-corrected chi connectivity index (χ3v) is 4.47. The molecule has 140 valence electrons. The van der Waals surface area contributed by atoms with E-state index in [1.807, 2.05) is 31.2 Å². The maximum Gasteiger partial charge on any atom is 0.221 e. The van der Waals surface area contributed by atoms with Crippen molar-refractivity contribution in [3.05, 3.63) is 69.5 Å². The average Bonchev–Trinajstić information content (AvgIpc) is 2.98. The van der Waals surface area contributed by atoms with Gasteiger partial charge in [0.25, 0.3) is 0 Å². The molecule has 2 aromatic carbocycles. The van der Waals surface area contributed by atoms with E-state index in [-0.39, 0.29) is 0 Å². The standard InChI is InChI=1S/C19H18Cl2N4O2/c1-12-10-25(19(22)24-12)23-9-13-4-6-17(18(8-13)26-2)27-11-14-3-5-15(20)16(21)7-14/h3-10H,11H2,1-2H3,(H2,22,24). The van der Waals surface area contributed by atoms with Crippen molar-refractivity contribution in [3.8, 4) is 11.5 Å². The topological polar surface area (TPSA) is 74.7 Å². The quantitative estimate of drug-likeness (QED) is 0.611. The molecule has 6 nitrogen and oxygen atoms in total. The Morgan fingerprint density at radius 2 is 1.96 bits per heavy atom. The van der Waals surface area contributed by atoms with E-state index in [9.17, 15) is 0 Å². The van der Waals surface area contributed by atoms with Crippen LogP contribution in [0.5, 0.6) is 11.5 Å². The summed E-state index contributed by atoms with van der Waals surface area (Å²) < 4.78 is 12.8. The summed E-state index contributed by atoms with van der Waals surface area (Å²) in [6.45, 7) is 2.19. The highest BCUT2D eigenvalue weighted by Gasteiger charge is 2.07. The van der Waals surface area contributed by atoms with Crippen molar-refractivity contribution in [3.63, 3.8) is 0 Å². The van der Waals surface area contributed by atoms with Crippen LogP contribution in [0.1, 0.15) is 16.8 Å². The van der Waals surface area contributed by atoms with E-state index in [0.29, 0.717) is 34.1 Å². The molecule has 27 heavy (non-hydrogen) atoms. The Morgan fingerprint density at radius 3 is 2.63 bits per heavy atom. The highest BCUT2D eigenvalue weighted by molar-refractivity contribution is 6.42. The molecule has 0 amide bonds. The van der Waals surface area contributed by atoms with Crippen molar-refractivity contribution in [1.82, 2.24) is 9.66 Å². The molecule has 1 aromatic heterocycles. The lowest BCUT2D eigenvalue weighted by Crippen LogP contribution is -1.99. The predicted octanol–water partition coefficient (Wildman–Crippen LogP) is 4.55. The average molecular weight is 405 g/mol. The van der Waals surface area contributed by atoms with E-state index >= 15 is 0 Å². The van der Waals surface area contributed by atoms with Crippen LogP contribution in [0.2, 0.25) is 10.0 Å². The summed E-state index contributed by atoms with van der Waals surface area (Å²) in [5.74, 6) is 1.53. The van der Waals surface area contributed by atoms with Gasteiger partial charge in [-0.15, -0.1) is 0 Å². The number of rotatable bonds is 6. The summed E-state index contributed by atoms with van der Waals surface area (Å²) in [5, 5.41) is 5.29. The first-order chi connectivity index (χ1) is 13.0. The molecule has 0 radical (unpaired) electrons. The minimum Gasteiger partial charge on any atom is -0.493 e. The minimum absolute atomic E-state index is 0.331. The van der Waals surface area contributed by atoms with Crippen LogP contribution in [0, 0.1) is 6.92 Å². The molecule has 3 rings (SSSR count). The fourth-order valence-electron chi connectivity index (χ4n) is 2.40. The third kappa shape index (κ3) is 4.72. The lowest BCUT2D eigenvalue weighted by atomic mass is 10.2. The molecule has 0 spiro atoms. The second kappa shape index (κ2) is 8.33. The summed E-state index contributed by atoms with van der Waals surface area (Å²) in [4.78, 5) is 4.10. The zero-order chi connectivity index (χ0) is 19.4. The van der Waals surface area contributed by atoms with Crippen molar-refractivity contribution in [1.29, 1.82) is 0 Å². The first kappa shape index (κ1) is 19.1. The van der Waals surface area contributed by atoms with Gasteiger partial charge in [0.1, 0.15) is 6.61 Å². The molecular weight excluding hydrogens is 387 g/mol. The largest absolute Gasteiger partial charge is 0.493 e. The molecule has 0 aliphatic carbocycles. The molecule has 0 bridgehead atoms. The minimum atomic E-state index is 0.331. The van der Waals surface area contributed by atoms with Crippen molar-refractivity contribution >= 4 is 35.4 Å². The number of anilines is 1. The van der Waals surface area contributed by atoms with E-state index in [0.717, 1.165) is 16.8 Å². The summed E-state index contributed by atoms with van der Waals surface area (Å²) in [5.41, 5.74) is 8.31. The monoisotopic (exact) mass is 404 g/mol. The van der Waals surface area contributed by atoms with E-state index in [1.54, 1.807) is 31.7 Å². The van der Waals surface area contributed by atoms with Gasteiger partial charge in [0.05, 0.1) is 35.3 Å². The van der Waals surface area contributed by atoms with Gasteiger partial charge in [-0.3, -0.25) is 0 Å². The SMILES string of the molecule is COc1cc(C=Nn2cc(C)nc2N)ccc1OCc1ccc(Cl)c(Cl)c1. The van der Waals surface area contributed by atoms with Gasteiger partial charge in [-0.25, -0.2) is 9.66 Å². The number of halogens is 2. The summed E-state index contributed by atoms with van der Waals surface area (Å²) >= 11 is 12.0. The van der Waals surface area contributed by atoms with E-state index in [4.69, 9.17) is 38.4 Å². The van der Waals surface area contributed by atoms with Gasteiger partial charge < -0.3 is 15.2 Å². The fourth-order valence-corrected chi connectivity index (χ4v) is 2.72. The second-order valence-corrected chi connectivity index (χ2v) is 6.59. The van der Waals surface area contributed by atoms with Crippen molar-refractivity contribution in [2.45, 2.75) is 13.5 Å². The highest BCUT2D eigenvalue weighted by Crippen LogP contribution is 2.29. The number of hydrogen-bond donors (Lipinski definition) is 1. The number of benzene rings is 2. The highest BCUT2D eigenvalue weighted by atomic mass is 35.5. The Labute approximate surface area is 167 Å². The molecule has 0 saturated carbocycles. The number of imidazole rings is 1. The Morgan fingerprint density at radius 1 is 1.15 bits per heavy atom. The van der Waals surface area contributed by atoms with Crippen LogP contribution >= 0.6 is 23.2 Å². The second-order valence-electron chi connectivity index (χ2n) is 5.78. The molecule has 0 aliphatic rings. The molecule has 1 heterocycles. The van der Waals surface area contributed by atoms with Gasteiger partial charge in [0, 0.05) is 0 Å². The first-order valence-corrected chi connectivity index (χ1v) is 8.82. The molecule has 0 fully saturated rings. The number of nitrogens with zero attached hydrogens (tertiary/aromatic N) is 3. The van der Waals surface area contributed by atoms with E-state index < -0.39 is 0 Å². The van der Waals surface area contributed by atoms with E-state index in [2.05, 4.69) is 10.1 Å². The first-order valence-electron chi connectivity index (χ1n) is 8.07. The smallest absolute Gasteiger partial charge is 0.221 e. The molecule has 8 heteroatoms. The Hall–Kier alpha value is -2.70. The van der Waals surface area contributed by atoms with Crippen LogP contribution in [0.15, 0.2) is 47.7 Å². The van der Waals surface area contributed by atoms with Gasteiger partial charge in [-0.05, 0) is 48.4 Å². The summed E-state index contributed by atoms with van der Waals surface area (Å²) in [6, 6.07) is 10.9. The summed E-state index contributed by atoms with van der Waals surface area (Å²) in [6.07, 6.45) is 3.42. The maximum absolute atomic E-state index is 6.03. The number of ether oxygens (including phenoxy) is 2. The van der Waals surface area contributed by atoms with Crippen LogP contribution in [0.25, 0.3) is 0 Å². The van der Waals surface area contributed by atoms with Gasteiger partial charge in [0.15, 0.2) is 11.5 Å². The zero-order valence-electron chi connectivity index (χ0n) is 14.8. The van der Waals surface area contributed by atoms with Crippen LogP contribution in [-0.4, -0.2) is 23.0 Å². The van der Waals surface area contributed by atoms with Crippen LogP contribution < -0.4 is 15.2 Å². The predicted molar refractivity (Wildman–Crippen MR) is 108 cm³/mol. The van der Waals surface area contributed by atoms with Crippen molar-refractivity contribution in [2.24, 2.45) is 5.10 Å². The molecule has 0 saturated heterocycles. The van der Waals surface area contributed by atoms with Crippen molar-refractivity contribution in [2.75, 3.05) is 12.8 Å². The molecular formula is C19H18Cl2N4O2. The van der Waals surface area contributed by atoms with Crippen molar-refractivity contribution < 1.29 is 9.47 Å². The number of hydrogen-bond acceptors (Lipinski definition) is 5. The van der Waals surface area contributed by atoms with Crippen LogP contribution in [-0.2, 0) is 6.61 Å². The van der Waals surface area contributed by atoms with E-state index in [1.165, 1.54) is 4.68 Å². The number of nitrogen functional groups attached to an aromatic ring is 1. The summed E-state index contributed by atoms with van der Waals surface area (Å²) in [7, 11) is 1.58. The normalized spacial score (nSPS) is 11.1. The number of methoxy groups -OCH3 is 1. The Kier molecular flexibility index (Phi) is 5.88. The molecule has 0 aliphatic heterocycles. The fraction of sp³-hybridized carbons (Fsp3) is 0.158. The molecule has 2 N–H and O–H groups in total. The molecule has 0 atom stereocenters. The van der Waals surface area contributed by atoms with Gasteiger partial charge in [0.2, 0.25) is 5.95 Å². The number of aromatic nitrogens is 2. The Balaban J connectivity index is 1.73. The maximum atomic E-state index is 6.03. The number of nitrogens with two attached hydrogens (primary N) is 1. The van der Waals surface area contributed by atoms with Crippen LogP contribution in [0.3, 0.4) is 0 Å². The zero-order valence-corrected chi connectivity index (χ0v) is 16.3. The lowest BCUT2D eigenvalue weighted by Gasteiger charge is -2.11. The third-order valence-electron chi connectivity index (χ3n) is 3.73. The van der Waals surface area contributed by atoms with Gasteiger partial charge >= 0.3 is 0 Å². The molecule has 0 unspecified atom stereocenters. The Bertz CT molecular complexity index is 986. The van der Waals surface area contributed by atoms with Crippen LogP contribution in [0.4, 0.5) is 5.95 Å². The molecule has 3 aromatic rings. The van der Waals surface area contributed by atoms with Gasteiger partial charge in [-0.1, -0.05) is 29.3 Å². The number of aryl methyl sites for hydroxylation is 1. The van der Waals surface area contributed by atoms with Gasteiger partial charge in [-0.2, -0.15) is 5.10 Å².